The largest absolute Gasteiger partial charge is 0.504 e. The number of halogens is 1. The normalized spacial score (nSPS) is 11.5. The molecule has 0 atom stereocenters. The van der Waals surface area contributed by atoms with Gasteiger partial charge in [0, 0.05) is 22.8 Å². The van der Waals surface area contributed by atoms with Gasteiger partial charge in [0.25, 0.3) is 0 Å². The lowest BCUT2D eigenvalue weighted by Crippen LogP contribution is -2.21. The number of hydrogen-bond acceptors (Lipinski definition) is 4. The van der Waals surface area contributed by atoms with Gasteiger partial charge < -0.3 is 10.2 Å². The number of benzene rings is 2. The van der Waals surface area contributed by atoms with Crippen LogP contribution in [0.3, 0.4) is 0 Å². The second-order valence-corrected chi connectivity index (χ2v) is 6.16. The third-order valence-corrected chi connectivity index (χ3v) is 4.13. The van der Waals surface area contributed by atoms with Crippen LogP contribution in [0.4, 0.5) is 5.69 Å². The van der Waals surface area contributed by atoms with Crippen LogP contribution >= 0.6 is 15.9 Å². The van der Waals surface area contributed by atoms with Crippen LogP contribution in [0.15, 0.2) is 45.9 Å². The van der Waals surface area contributed by atoms with Gasteiger partial charge in [0.2, 0.25) is 0 Å². The van der Waals surface area contributed by atoms with Crippen LogP contribution in [0.1, 0.15) is 25.0 Å². The molecule has 2 aromatic rings. The minimum atomic E-state index is -0.171. The van der Waals surface area contributed by atoms with Crippen LogP contribution < -0.4 is 0 Å². The van der Waals surface area contributed by atoms with E-state index in [1.165, 1.54) is 11.6 Å². The molecule has 122 valence electrons. The number of phenols is 2. The topological polar surface area (TPSA) is 56.1 Å². The van der Waals surface area contributed by atoms with Gasteiger partial charge in [-0.1, -0.05) is 41.9 Å². The van der Waals surface area contributed by atoms with Gasteiger partial charge in [0.15, 0.2) is 11.5 Å². The Morgan fingerprint density at radius 2 is 1.74 bits per heavy atom. The number of aliphatic imine (C=N–C) groups is 1. The third kappa shape index (κ3) is 4.81. The van der Waals surface area contributed by atoms with E-state index in [9.17, 15) is 10.2 Å². The number of phenolic OH excluding ortho intramolecular Hbond substituents is 2. The standard InChI is InChI=1S/C18H21BrN2O2/c1-3-21(4-2)12-13-5-7-16(8-6-13)20-11-14-9-15(19)10-17(22)18(14)23/h5-11,22-23H,3-4,12H2,1-2H3. The molecule has 0 unspecified atom stereocenters. The first kappa shape index (κ1) is 17.5. The molecule has 0 heterocycles. The Hall–Kier alpha value is -1.85. The van der Waals surface area contributed by atoms with Crippen molar-refractivity contribution in [3.63, 3.8) is 0 Å². The first-order valence-corrected chi connectivity index (χ1v) is 8.39. The maximum atomic E-state index is 9.83. The summed E-state index contributed by atoms with van der Waals surface area (Å²) in [4.78, 5) is 6.70. The molecule has 2 N–H and O–H groups in total. The summed E-state index contributed by atoms with van der Waals surface area (Å²) in [6.07, 6.45) is 1.54. The number of hydrogen-bond donors (Lipinski definition) is 2. The Labute approximate surface area is 145 Å². The number of nitrogens with zero attached hydrogens (tertiary/aromatic N) is 2. The van der Waals surface area contributed by atoms with Crippen molar-refractivity contribution < 1.29 is 10.2 Å². The summed E-state index contributed by atoms with van der Waals surface area (Å²) >= 11 is 3.28. The van der Waals surface area contributed by atoms with E-state index in [0.29, 0.717) is 10.0 Å². The lowest BCUT2D eigenvalue weighted by Gasteiger charge is -2.17. The van der Waals surface area contributed by atoms with Crippen LogP contribution in [0.5, 0.6) is 11.5 Å². The summed E-state index contributed by atoms with van der Waals surface area (Å²) in [6, 6.07) is 11.2. The molecule has 0 aliphatic heterocycles. The van der Waals surface area contributed by atoms with Crippen molar-refractivity contribution in [2.24, 2.45) is 4.99 Å². The molecular weight excluding hydrogens is 356 g/mol. The summed E-state index contributed by atoms with van der Waals surface area (Å²) in [6.45, 7) is 7.30. The van der Waals surface area contributed by atoms with Crippen molar-refractivity contribution >= 4 is 27.8 Å². The summed E-state index contributed by atoms with van der Waals surface area (Å²) in [5.74, 6) is -0.342. The minimum Gasteiger partial charge on any atom is -0.504 e. The Kier molecular flexibility index (Phi) is 6.19. The fourth-order valence-corrected chi connectivity index (χ4v) is 2.70. The molecule has 5 heteroatoms. The van der Waals surface area contributed by atoms with E-state index in [0.717, 1.165) is 25.3 Å². The van der Waals surface area contributed by atoms with E-state index in [2.05, 4.69) is 51.8 Å². The average Bonchev–Trinajstić information content (AvgIpc) is 2.55. The smallest absolute Gasteiger partial charge is 0.166 e. The highest BCUT2D eigenvalue weighted by molar-refractivity contribution is 9.10. The Morgan fingerprint density at radius 1 is 1.09 bits per heavy atom. The van der Waals surface area contributed by atoms with E-state index in [-0.39, 0.29) is 11.5 Å². The molecule has 0 saturated heterocycles. The maximum absolute atomic E-state index is 9.83. The fraction of sp³-hybridized carbons (Fsp3) is 0.278. The van der Waals surface area contributed by atoms with Gasteiger partial charge in [-0.3, -0.25) is 9.89 Å². The first-order chi connectivity index (χ1) is 11.0. The van der Waals surface area contributed by atoms with Crippen molar-refractivity contribution in [1.82, 2.24) is 4.90 Å². The predicted molar refractivity (Wildman–Crippen MR) is 97.8 cm³/mol. The molecule has 0 saturated carbocycles. The maximum Gasteiger partial charge on any atom is 0.166 e. The van der Waals surface area contributed by atoms with Gasteiger partial charge in [0.1, 0.15) is 0 Å². The summed E-state index contributed by atoms with van der Waals surface area (Å²) in [5.41, 5.74) is 2.51. The van der Waals surface area contributed by atoms with Gasteiger partial charge in [-0.2, -0.15) is 0 Å². The second kappa shape index (κ2) is 8.13. The van der Waals surface area contributed by atoms with Crippen molar-refractivity contribution in [2.75, 3.05) is 13.1 Å². The molecule has 0 aliphatic rings. The monoisotopic (exact) mass is 376 g/mol. The molecule has 0 fully saturated rings. The lowest BCUT2D eigenvalue weighted by atomic mass is 10.2. The van der Waals surface area contributed by atoms with E-state index < -0.39 is 0 Å². The van der Waals surface area contributed by atoms with Gasteiger partial charge in [-0.05, 0) is 42.9 Å². The fourth-order valence-electron chi connectivity index (χ4n) is 2.24. The zero-order valence-corrected chi connectivity index (χ0v) is 14.9. The first-order valence-electron chi connectivity index (χ1n) is 7.60. The Morgan fingerprint density at radius 3 is 2.35 bits per heavy atom. The van der Waals surface area contributed by atoms with E-state index in [1.807, 2.05) is 12.1 Å². The van der Waals surface area contributed by atoms with Crippen LogP contribution in [0.25, 0.3) is 0 Å². The van der Waals surface area contributed by atoms with Crippen LogP contribution in [-0.4, -0.2) is 34.4 Å². The number of aromatic hydroxyl groups is 2. The molecular formula is C18H21BrN2O2. The SMILES string of the molecule is CCN(CC)Cc1ccc(N=Cc2cc(Br)cc(O)c2O)cc1. The molecule has 0 radical (unpaired) electrons. The number of rotatable bonds is 6. The molecule has 0 spiro atoms. The van der Waals surface area contributed by atoms with Crippen molar-refractivity contribution in [3.8, 4) is 11.5 Å². The quantitative estimate of drug-likeness (QED) is 0.578. The highest BCUT2D eigenvalue weighted by Gasteiger charge is 2.06. The van der Waals surface area contributed by atoms with Gasteiger partial charge in [0.05, 0.1) is 5.69 Å². The highest BCUT2D eigenvalue weighted by atomic mass is 79.9. The van der Waals surface area contributed by atoms with E-state index in [1.54, 1.807) is 12.3 Å². The summed E-state index contributed by atoms with van der Waals surface area (Å²) in [7, 11) is 0. The van der Waals surface area contributed by atoms with Crippen LogP contribution in [0.2, 0.25) is 0 Å². The average molecular weight is 377 g/mol. The van der Waals surface area contributed by atoms with E-state index in [4.69, 9.17) is 0 Å². The Bertz CT molecular complexity index is 680. The minimum absolute atomic E-state index is 0.171. The molecule has 2 aromatic carbocycles. The predicted octanol–water partition coefficient (Wildman–Crippen LogP) is 4.45. The van der Waals surface area contributed by atoms with Gasteiger partial charge in [-0.25, -0.2) is 0 Å². The summed E-state index contributed by atoms with van der Waals surface area (Å²) < 4.78 is 0.684. The van der Waals surface area contributed by atoms with Crippen LogP contribution in [-0.2, 0) is 6.54 Å². The van der Waals surface area contributed by atoms with Crippen LogP contribution in [0, 0.1) is 0 Å². The van der Waals surface area contributed by atoms with Gasteiger partial charge >= 0.3 is 0 Å². The van der Waals surface area contributed by atoms with Gasteiger partial charge in [-0.15, -0.1) is 0 Å². The lowest BCUT2D eigenvalue weighted by molar-refractivity contribution is 0.296. The molecule has 0 aromatic heterocycles. The molecule has 0 aliphatic carbocycles. The second-order valence-electron chi connectivity index (χ2n) is 5.25. The van der Waals surface area contributed by atoms with E-state index >= 15 is 0 Å². The van der Waals surface area contributed by atoms with Crippen molar-refractivity contribution in [1.29, 1.82) is 0 Å². The van der Waals surface area contributed by atoms with Crippen molar-refractivity contribution in [2.45, 2.75) is 20.4 Å². The Balaban J connectivity index is 2.12. The zero-order valence-electron chi connectivity index (χ0n) is 13.3. The third-order valence-electron chi connectivity index (χ3n) is 3.67. The summed E-state index contributed by atoms with van der Waals surface area (Å²) in [5, 5.41) is 19.4. The molecule has 0 bridgehead atoms. The highest BCUT2D eigenvalue weighted by Crippen LogP contribution is 2.31. The molecule has 23 heavy (non-hydrogen) atoms. The van der Waals surface area contributed by atoms with Crippen molar-refractivity contribution in [3.05, 3.63) is 52.0 Å². The molecule has 2 rings (SSSR count). The zero-order chi connectivity index (χ0) is 16.8. The molecule has 0 amide bonds. The molecule has 4 nitrogen and oxygen atoms in total.